The van der Waals surface area contributed by atoms with Crippen molar-refractivity contribution < 1.29 is 23.5 Å². The third-order valence-corrected chi connectivity index (χ3v) is 6.29. The molecule has 5 nitrogen and oxygen atoms in total. The molecule has 2 fully saturated rings. The summed E-state index contributed by atoms with van der Waals surface area (Å²) in [5, 5.41) is 0.531. The van der Waals surface area contributed by atoms with E-state index in [1.165, 1.54) is 30.9 Å². The van der Waals surface area contributed by atoms with Crippen LogP contribution in [0.15, 0.2) is 24.3 Å². The summed E-state index contributed by atoms with van der Waals surface area (Å²) in [5.41, 5.74) is 0. The fourth-order valence-electron chi connectivity index (χ4n) is 3.56. The fourth-order valence-corrected chi connectivity index (χ4v) is 4.78. The summed E-state index contributed by atoms with van der Waals surface area (Å²) >= 11 is 1.66. The molecule has 1 aliphatic heterocycles. The van der Waals surface area contributed by atoms with Crippen LogP contribution in [0.5, 0.6) is 5.75 Å². The highest BCUT2D eigenvalue weighted by Crippen LogP contribution is 2.31. The number of esters is 1. The van der Waals surface area contributed by atoms with Crippen LogP contribution < -0.4 is 4.74 Å². The van der Waals surface area contributed by atoms with E-state index in [9.17, 15) is 14.0 Å². The molecule has 1 saturated heterocycles. The van der Waals surface area contributed by atoms with Crippen LogP contribution in [0.1, 0.15) is 32.1 Å². The number of likely N-dealkylation sites (tertiary alicyclic amines) is 1. The molecular weight excluding hydrogens is 357 g/mol. The first-order chi connectivity index (χ1) is 12.6. The van der Waals surface area contributed by atoms with Crippen molar-refractivity contribution >= 4 is 23.6 Å². The number of carbonyl (C=O) groups excluding carboxylic acids is 2. The molecule has 142 valence electrons. The normalized spacial score (nSPS) is 23.2. The van der Waals surface area contributed by atoms with Gasteiger partial charge in [-0.15, -0.1) is 11.8 Å². The van der Waals surface area contributed by atoms with Crippen molar-refractivity contribution in [2.24, 2.45) is 0 Å². The van der Waals surface area contributed by atoms with Crippen LogP contribution >= 0.6 is 11.8 Å². The van der Waals surface area contributed by atoms with Crippen LogP contribution in [0, 0.1) is 5.82 Å². The molecule has 0 bridgehead atoms. The Balaban J connectivity index is 1.63. The highest BCUT2D eigenvalue weighted by Gasteiger charge is 2.41. The van der Waals surface area contributed by atoms with Crippen molar-refractivity contribution in [2.45, 2.75) is 49.5 Å². The summed E-state index contributed by atoms with van der Waals surface area (Å²) in [6.45, 7) is 0.262. The van der Waals surface area contributed by atoms with Crippen molar-refractivity contribution in [2.75, 3.05) is 19.4 Å². The Kier molecular flexibility index (Phi) is 6.40. The second kappa shape index (κ2) is 8.75. The predicted molar refractivity (Wildman–Crippen MR) is 97.7 cm³/mol. The van der Waals surface area contributed by atoms with Crippen LogP contribution in [-0.2, 0) is 14.3 Å². The zero-order chi connectivity index (χ0) is 18.5. The quantitative estimate of drug-likeness (QED) is 0.709. The number of halogens is 1. The summed E-state index contributed by atoms with van der Waals surface area (Å²) in [5.74, 6) is -0.509. The largest absolute Gasteiger partial charge is 0.485 e. The number of thioether (sulfide) groups is 1. The lowest BCUT2D eigenvalue weighted by molar-refractivity contribution is -0.150. The molecule has 0 N–H and O–H groups in total. The minimum atomic E-state index is -0.673. The van der Waals surface area contributed by atoms with Gasteiger partial charge in [0, 0.05) is 11.7 Å². The predicted octanol–water partition coefficient (Wildman–Crippen LogP) is 3.02. The van der Waals surface area contributed by atoms with Gasteiger partial charge in [-0.2, -0.15) is 0 Å². The lowest BCUT2D eigenvalue weighted by atomic mass is 10.2. The number of amides is 1. The average Bonchev–Trinajstić information content (AvgIpc) is 3.31. The van der Waals surface area contributed by atoms with E-state index in [1.54, 1.807) is 30.0 Å². The molecule has 0 spiro atoms. The maximum absolute atomic E-state index is 13.8. The Morgan fingerprint density at radius 2 is 2.00 bits per heavy atom. The van der Waals surface area contributed by atoms with Crippen LogP contribution in [0.4, 0.5) is 4.39 Å². The first-order valence-corrected chi connectivity index (χ1v) is 10.0. The van der Waals surface area contributed by atoms with Crippen LogP contribution in [0.25, 0.3) is 0 Å². The van der Waals surface area contributed by atoms with Gasteiger partial charge in [0.2, 0.25) is 5.91 Å². The van der Waals surface area contributed by atoms with Gasteiger partial charge >= 0.3 is 5.97 Å². The fraction of sp³-hybridized carbons (Fsp3) is 0.579. The van der Waals surface area contributed by atoms with E-state index in [1.807, 2.05) is 0 Å². The van der Waals surface area contributed by atoms with Gasteiger partial charge in [-0.1, -0.05) is 25.0 Å². The van der Waals surface area contributed by atoms with Crippen molar-refractivity contribution in [3.8, 4) is 5.75 Å². The Morgan fingerprint density at radius 3 is 2.69 bits per heavy atom. The Hall–Kier alpha value is -1.76. The average molecular weight is 381 g/mol. The summed E-state index contributed by atoms with van der Waals surface area (Å²) in [7, 11) is 1.31. The third kappa shape index (κ3) is 4.50. The molecule has 0 unspecified atom stereocenters. The van der Waals surface area contributed by atoms with Gasteiger partial charge in [-0.3, -0.25) is 4.79 Å². The van der Waals surface area contributed by atoms with Crippen LogP contribution in [0.2, 0.25) is 0 Å². The van der Waals surface area contributed by atoms with Gasteiger partial charge in [0.05, 0.1) is 19.4 Å². The molecule has 1 aromatic carbocycles. The maximum atomic E-state index is 13.8. The highest BCUT2D eigenvalue weighted by molar-refractivity contribution is 8.00. The molecule has 26 heavy (non-hydrogen) atoms. The number of hydrogen-bond acceptors (Lipinski definition) is 5. The van der Waals surface area contributed by atoms with Gasteiger partial charge < -0.3 is 14.4 Å². The molecular formula is C19H24FNO4S. The minimum Gasteiger partial charge on any atom is -0.485 e. The maximum Gasteiger partial charge on any atom is 0.328 e. The first-order valence-electron chi connectivity index (χ1n) is 8.98. The first kappa shape index (κ1) is 19.0. The monoisotopic (exact) mass is 381 g/mol. The molecule has 2 aliphatic rings. The standard InChI is InChI=1S/C19H24FNO4S/c1-24-19(23)16-10-13(25-17-9-5-4-8-15(17)20)11-21(16)18(22)12-26-14-6-2-3-7-14/h4-5,8-9,13-14,16H,2-3,6-7,10-12H2,1H3/t13-,16-/m1/s1. The number of rotatable bonds is 6. The van der Waals surface area contributed by atoms with E-state index < -0.39 is 23.9 Å². The third-order valence-electron chi connectivity index (χ3n) is 4.93. The summed E-state index contributed by atoms with van der Waals surface area (Å²) in [6.07, 6.45) is 4.62. The number of para-hydroxylation sites is 1. The van der Waals surface area contributed by atoms with E-state index >= 15 is 0 Å². The molecule has 7 heteroatoms. The minimum absolute atomic E-state index is 0.0862. The second-order valence-electron chi connectivity index (χ2n) is 6.71. The number of benzene rings is 1. The summed E-state index contributed by atoms with van der Waals surface area (Å²) in [4.78, 5) is 26.3. The van der Waals surface area contributed by atoms with Gasteiger partial charge in [0.1, 0.15) is 12.1 Å². The Morgan fingerprint density at radius 1 is 1.27 bits per heavy atom. The molecule has 1 saturated carbocycles. The van der Waals surface area contributed by atoms with Crippen molar-refractivity contribution in [3.05, 3.63) is 30.1 Å². The van der Waals surface area contributed by atoms with Crippen LogP contribution in [-0.4, -0.2) is 53.6 Å². The van der Waals surface area contributed by atoms with E-state index in [2.05, 4.69) is 0 Å². The van der Waals surface area contributed by atoms with E-state index in [0.29, 0.717) is 17.4 Å². The van der Waals surface area contributed by atoms with E-state index in [0.717, 1.165) is 12.8 Å². The van der Waals surface area contributed by atoms with Crippen molar-refractivity contribution in [1.29, 1.82) is 0 Å². The zero-order valence-electron chi connectivity index (χ0n) is 14.9. The SMILES string of the molecule is COC(=O)[C@H]1C[C@@H](Oc2ccccc2F)CN1C(=O)CSC1CCCC1. The van der Waals surface area contributed by atoms with Gasteiger partial charge in [0.15, 0.2) is 11.6 Å². The smallest absolute Gasteiger partial charge is 0.328 e. The lowest BCUT2D eigenvalue weighted by Crippen LogP contribution is -2.42. The molecule has 0 aromatic heterocycles. The lowest BCUT2D eigenvalue weighted by Gasteiger charge is -2.22. The second-order valence-corrected chi connectivity index (χ2v) is 8.00. The van der Waals surface area contributed by atoms with Gasteiger partial charge in [-0.25, -0.2) is 9.18 Å². The molecule has 1 amide bonds. The number of hydrogen-bond donors (Lipinski definition) is 0. The molecule has 1 heterocycles. The summed E-state index contributed by atoms with van der Waals surface area (Å²) < 4.78 is 24.4. The van der Waals surface area contributed by atoms with E-state index in [-0.39, 0.29) is 18.2 Å². The van der Waals surface area contributed by atoms with Crippen LogP contribution in [0.3, 0.4) is 0 Å². The molecule has 3 rings (SSSR count). The number of ether oxygens (including phenoxy) is 2. The topological polar surface area (TPSA) is 55.8 Å². The number of nitrogens with zero attached hydrogens (tertiary/aromatic N) is 1. The van der Waals surface area contributed by atoms with Crippen molar-refractivity contribution in [1.82, 2.24) is 4.90 Å². The molecule has 1 aromatic rings. The van der Waals surface area contributed by atoms with Gasteiger partial charge in [-0.05, 0) is 25.0 Å². The Bertz CT molecular complexity index is 650. The zero-order valence-corrected chi connectivity index (χ0v) is 15.7. The summed E-state index contributed by atoms with van der Waals surface area (Å²) in [6, 6.07) is 5.47. The molecule has 0 radical (unpaired) electrons. The van der Waals surface area contributed by atoms with Gasteiger partial charge in [0.25, 0.3) is 0 Å². The molecule has 1 aliphatic carbocycles. The number of carbonyl (C=O) groups is 2. The highest BCUT2D eigenvalue weighted by atomic mass is 32.2. The number of methoxy groups -OCH3 is 1. The van der Waals surface area contributed by atoms with E-state index in [4.69, 9.17) is 9.47 Å². The Labute approximate surface area is 157 Å². The van der Waals surface area contributed by atoms with Crippen molar-refractivity contribution in [3.63, 3.8) is 0 Å². The molecule has 2 atom stereocenters.